The van der Waals surface area contributed by atoms with Crippen LogP contribution in [0.3, 0.4) is 0 Å². The van der Waals surface area contributed by atoms with Crippen molar-refractivity contribution < 1.29 is 0 Å². The third-order valence-electron chi connectivity index (χ3n) is 3.69. The van der Waals surface area contributed by atoms with Crippen LogP contribution >= 0.6 is 0 Å². The summed E-state index contributed by atoms with van der Waals surface area (Å²) in [5.41, 5.74) is 2.80. The Bertz CT molecular complexity index is 345. The second-order valence-corrected chi connectivity index (χ2v) is 5.38. The molecule has 0 saturated carbocycles. The largest absolute Gasteiger partial charge is 0.384 e. The molecule has 0 aliphatic heterocycles. The van der Waals surface area contributed by atoms with E-state index in [4.69, 9.17) is 0 Å². The highest BCUT2D eigenvalue weighted by Crippen LogP contribution is 2.16. The fourth-order valence-corrected chi connectivity index (χ4v) is 1.70. The van der Waals surface area contributed by atoms with Crippen molar-refractivity contribution in [3.8, 4) is 0 Å². The number of likely N-dealkylation sites (N-methyl/N-ethyl adjacent to an activating group) is 1. The molecule has 1 aromatic carbocycles. The summed E-state index contributed by atoms with van der Waals surface area (Å²) in [5, 5.41) is 3.47. The molecule has 1 rings (SSSR count). The van der Waals surface area contributed by atoms with E-state index in [-0.39, 0.29) is 5.54 Å². The molecule has 0 aliphatic rings. The molecular weight excluding hydrogens is 208 g/mol. The molecular formula is C15H26N2. The van der Waals surface area contributed by atoms with E-state index in [0.29, 0.717) is 0 Å². The van der Waals surface area contributed by atoms with Crippen LogP contribution in [0, 0.1) is 6.92 Å². The minimum atomic E-state index is 0.286. The fourth-order valence-electron chi connectivity index (χ4n) is 1.70. The highest BCUT2D eigenvalue weighted by molar-refractivity contribution is 5.45. The normalized spacial score (nSPS) is 11.9. The zero-order valence-corrected chi connectivity index (χ0v) is 11.9. The Morgan fingerprint density at radius 3 is 2.59 bits per heavy atom. The SMILES string of the molecule is CCC(C)(C)N(C)CCNc1cccc(C)c1. The molecule has 0 spiro atoms. The molecule has 0 bridgehead atoms. The van der Waals surface area contributed by atoms with Gasteiger partial charge in [0.25, 0.3) is 0 Å². The van der Waals surface area contributed by atoms with E-state index in [9.17, 15) is 0 Å². The Morgan fingerprint density at radius 1 is 1.29 bits per heavy atom. The van der Waals surface area contributed by atoms with Crippen LogP contribution in [0.25, 0.3) is 0 Å². The lowest BCUT2D eigenvalue weighted by atomic mass is 10.0. The minimum Gasteiger partial charge on any atom is -0.384 e. The molecule has 0 aliphatic carbocycles. The summed E-state index contributed by atoms with van der Waals surface area (Å²) in [5.74, 6) is 0. The van der Waals surface area contributed by atoms with Gasteiger partial charge >= 0.3 is 0 Å². The highest BCUT2D eigenvalue weighted by Gasteiger charge is 2.19. The molecule has 0 aromatic heterocycles. The quantitative estimate of drug-likeness (QED) is 0.810. The first-order chi connectivity index (χ1) is 7.95. The lowest BCUT2D eigenvalue weighted by Gasteiger charge is -2.34. The van der Waals surface area contributed by atoms with Gasteiger partial charge in [-0.1, -0.05) is 19.1 Å². The molecule has 96 valence electrons. The Morgan fingerprint density at radius 2 is 2.00 bits per heavy atom. The number of benzene rings is 1. The van der Waals surface area contributed by atoms with Gasteiger partial charge in [0.05, 0.1) is 0 Å². The Balaban J connectivity index is 2.38. The summed E-state index contributed by atoms with van der Waals surface area (Å²) in [4.78, 5) is 2.41. The third-order valence-corrected chi connectivity index (χ3v) is 3.69. The summed E-state index contributed by atoms with van der Waals surface area (Å²) < 4.78 is 0. The molecule has 0 fully saturated rings. The summed E-state index contributed by atoms with van der Waals surface area (Å²) in [6.07, 6.45) is 1.17. The van der Waals surface area contributed by atoms with Crippen molar-refractivity contribution in [2.45, 2.75) is 39.7 Å². The van der Waals surface area contributed by atoms with E-state index in [0.717, 1.165) is 13.1 Å². The first-order valence-corrected chi connectivity index (χ1v) is 6.47. The van der Waals surface area contributed by atoms with Gasteiger partial charge in [-0.3, -0.25) is 4.90 Å². The second-order valence-electron chi connectivity index (χ2n) is 5.38. The molecule has 0 atom stereocenters. The Labute approximate surface area is 106 Å². The summed E-state index contributed by atoms with van der Waals surface area (Å²) in [7, 11) is 2.20. The van der Waals surface area contributed by atoms with Crippen molar-refractivity contribution in [1.29, 1.82) is 0 Å². The number of nitrogens with zero attached hydrogens (tertiary/aromatic N) is 1. The predicted molar refractivity (Wildman–Crippen MR) is 76.7 cm³/mol. The van der Waals surface area contributed by atoms with Crippen LogP contribution in [0.15, 0.2) is 24.3 Å². The predicted octanol–water partition coefficient (Wildman–Crippen LogP) is 3.53. The number of hydrogen-bond acceptors (Lipinski definition) is 2. The highest BCUT2D eigenvalue weighted by atomic mass is 15.2. The van der Waals surface area contributed by atoms with Crippen LogP contribution in [-0.4, -0.2) is 30.6 Å². The molecule has 1 N–H and O–H groups in total. The fraction of sp³-hybridized carbons (Fsp3) is 0.600. The van der Waals surface area contributed by atoms with Crippen molar-refractivity contribution in [3.05, 3.63) is 29.8 Å². The molecule has 2 heteroatoms. The van der Waals surface area contributed by atoms with Crippen LogP contribution in [0.4, 0.5) is 5.69 Å². The minimum absolute atomic E-state index is 0.286. The van der Waals surface area contributed by atoms with Crippen LogP contribution in [-0.2, 0) is 0 Å². The van der Waals surface area contributed by atoms with E-state index in [1.807, 2.05) is 0 Å². The topological polar surface area (TPSA) is 15.3 Å². The van der Waals surface area contributed by atoms with Crippen molar-refractivity contribution in [1.82, 2.24) is 4.90 Å². The maximum Gasteiger partial charge on any atom is 0.0343 e. The van der Waals surface area contributed by atoms with Gasteiger partial charge in [0.1, 0.15) is 0 Å². The van der Waals surface area contributed by atoms with E-state index in [2.05, 4.69) is 69.2 Å². The lowest BCUT2D eigenvalue weighted by molar-refractivity contribution is 0.157. The molecule has 0 amide bonds. The van der Waals surface area contributed by atoms with Crippen molar-refractivity contribution in [2.75, 3.05) is 25.5 Å². The van der Waals surface area contributed by atoms with Gasteiger partial charge in [0.2, 0.25) is 0 Å². The molecule has 0 unspecified atom stereocenters. The first kappa shape index (κ1) is 14.0. The number of hydrogen-bond donors (Lipinski definition) is 1. The van der Waals surface area contributed by atoms with Gasteiger partial charge in [-0.05, 0) is 51.9 Å². The van der Waals surface area contributed by atoms with Crippen molar-refractivity contribution in [2.24, 2.45) is 0 Å². The standard InChI is InChI=1S/C15H26N2/c1-6-15(3,4)17(5)11-10-16-14-9-7-8-13(2)12-14/h7-9,12,16H,6,10-11H2,1-5H3. The van der Waals surface area contributed by atoms with Gasteiger partial charge in [-0.25, -0.2) is 0 Å². The van der Waals surface area contributed by atoms with Gasteiger partial charge in [0.15, 0.2) is 0 Å². The first-order valence-electron chi connectivity index (χ1n) is 6.47. The monoisotopic (exact) mass is 234 g/mol. The van der Waals surface area contributed by atoms with E-state index < -0.39 is 0 Å². The lowest BCUT2D eigenvalue weighted by Crippen LogP contribution is -2.42. The zero-order valence-electron chi connectivity index (χ0n) is 11.9. The van der Waals surface area contributed by atoms with Crippen molar-refractivity contribution >= 4 is 5.69 Å². The van der Waals surface area contributed by atoms with Crippen molar-refractivity contribution in [3.63, 3.8) is 0 Å². The number of anilines is 1. The van der Waals surface area contributed by atoms with Crippen LogP contribution in [0.1, 0.15) is 32.8 Å². The number of aryl methyl sites for hydroxylation is 1. The third kappa shape index (κ3) is 4.39. The van der Waals surface area contributed by atoms with E-state index in [1.54, 1.807) is 0 Å². The summed E-state index contributed by atoms with van der Waals surface area (Å²) in [6.45, 7) is 11.0. The molecule has 0 saturated heterocycles. The van der Waals surface area contributed by atoms with E-state index >= 15 is 0 Å². The van der Waals surface area contributed by atoms with Gasteiger partial charge in [0, 0.05) is 24.3 Å². The van der Waals surface area contributed by atoms with Gasteiger partial charge < -0.3 is 5.32 Å². The maximum absolute atomic E-state index is 3.47. The van der Waals surface area contributed by atoms with Crippen LogP contribution in [0.2, 0.25) is 0 Å². The maximum atomic E-state index is 3.47. The van der Waals surface area contributed by atoms with Crippen LogP contribution < -0.4 is 5.32 Å². The van der Waals surface area contributed by atoms with Gasteiger partial charge in [-0.15, -0.1) is 0 Å². The summed E-state index contributed by atoms with van der Waals surface area (Å²) in [6, 6.07) is 8.53. The molecule has 17 heavy (non-hydrogen) atoms. The molecule has 2 nitrogen and oxygen atoms in total. The Hall–Kier alpha value is -1.02. The average molecular weight is 234 g/mol. The molecule has 1 aromatic rings. The summed E-state index contributed by atoms with van der Waals surface area (Å²) >= 11 is 0. The van der Waals surface area contributed by atoms with E-state index in [1.165, 1.54) is 17.7 Å². The second kappa shape index (κ2) is 6.06. The number of nitrogens with one attached hydrogen (secondary N) is 1. The average Bonchev–Trinajstić information content (AvgIpc) is 2.29. The zero-order chi connectivity index (χ0) is 12.9. The Kier molecular flexibility index (Phi) is 5.01. The molecule has 0 radical (unpaired) electrons. The molecule has 0 heterocycles. The van der Waals surface area contributed by atoms with Crippen LogP contribution in [0.5, 0.6) is 0 Å². The smallest absolute Gasteiger partial charge is 0.0343 e. The van der Waals surface area contributed by atoms with Gasteiger partial charge in [-0.2, -0.15) is 0 Å². The number of rotatable bonds is 6.